The highest BCUT2D eigenvalue weighted by atomic mass is 32.1. The molecule has 0 aliphatic carbocycles. The van der Waals surface area contributed by atoms with Crippen LogP contribution >= 0.6 is 11.3 Å². The van der Waals surface area contributed by atoms with Crippen molar-refractivity contribution in [2.24, 2.45) is 0 Å². The molecule has 0 aliphatic rings. The molecule has 1 aromatic carbocycles. The third-order valence-corrected chi connectivity index (χ3v) is 3.32. The van der Waals surface area contributed by atoms with E-state index in [4.69, 9.17) is 5.26 Å². The van der Waals surface area contributed by atoms with Gasteiger partial charge in [-0.15, -0.1) is 0 Å². The molecule has 0 atom stereocenters. The van der Waals surface area contributed by atoms with E-state index in [-0.39, 0.29) is 5.82 Å². The van der Waals surface area contributed by atoms with Crippen LogP contribution in [0, 0.1) is 17.1 Å². The largest absolute Gasteiger partial charge is 0.312 e. The number of thiophene rings is 1. The van der Waals surface area contributed by atoms with Gasteiger partial charge < -0.3 is 5.32 Å². The van der Waals surface area contributed by atoms with Gasteiger partial charge in [0.05, 0.1) is 11.6 Å². The van der Waals surface area contributed by atoms with Crippen LogP contribution in [-0.4, -0.2) is 6.54 Å². The van der Waals surface area contributed by atoms with Crippen LogP contribution < -0.4 is 5.32 Å². The van der Waals surface area contributed by atoms with E-state index in [9.17, 15) is 4.39 Å². The van der Waals surface area contributed by atoms with Crippen molar-refractivity contribution in [1.29, 1.82) is 5.26 Å². The molecular formula is C14H13FN2S. The first kappa shape index (κ1) is 12.7. The highest BCUT2D eigenvalue weighted by Gasteiger charge is 2.00. The summed E-state index contributed by atoms with van der Waals surface area (Å²) in [5.74, 6) is -0.358. The Labute approximate surface area is 110 Å². The highest BCUT2D eigenvalue weighted by molar-refractivity contribution is 7.07. The Morgan fingerprint density at radius 2 is 2.17 bits per heavy atom. The van der Waals surface area contributed by atoms with Crippen molar-refractivity contribution >= 4 is 11.3 Å². The first-order valence-electron chi connectivity index (χ1n) is 5.69. The topological polar surface area (TPSA) is 35.8 Å². The summed E-state index contributed by atoms with van der Waals surface area (Å²) in [6.07, 6.45) is 0.962. The van der Waals surface area contributed by atoms with E-state index >= 15 is 0 Å². The van der Waals surface area contributed by atoms with Gasteiger partial charge in [0.25, 0.3) is 0 Å². The summed E-state index contributed by atoms with van der Waals surface area (Å²) in [7, 11) is 0. The Kier molecular flexibility index (Phi) is 4.46. The molecule has 0 spiro atoms. The third-order valence-electron chi connectivity index (χ3n) is 2.59. The van der Waals surface area contributed by atoms with Crippen molar-refractivity contribution in [3.63, 3.8) is 0 Å². The second kappa shape index (κ2) is 6.29. The Morgan fingerprint density at radius 1 is 1.28 bits per heavy atom. The van der Waals surface area contributed by atoms with Gasteiger partial charge in [-0.05, 0) is 59.1 Å². The summed E-state index contributed by atoms with van der Waals surface area (Å²) in [6, 6.07) is 8.46. The first-order chi connectivity index (χ1) is 8.78. The fraction of sp³-hybridized carbons (Fsp3) is 0.214. The molecule has 2 rings (SSSR count). The lowest BCUT2D eigenvalue weighted by Crippen LogP contribution is -2.16. The van der Waals surface area contributed by atoms with Crippen molar-refractivity contribution in [2.75, 3.05) is 6.54 Å². The number of hydrogen-bond donors (Lipinski definition) is 1. The van der Waals surface area contributed by atoms with Crippen molar-refractivity contribution in [3.8, 4) is 6.07 Å². The normalized spacial score (nSPS) is 10.2. The maximum absolute atomic E-state index is 13.2. The maximum atomic E-state index is 13.2. The Bertz CT molecular complexity index is 543. The zero-order valence-corrected chi connectivity index (χ0v) is 10.6. The zero-order valence-electron chi connectivity index (χ0n) is 9.82. The summed E-state index contributed by atoms with van der Waals surface area (Å²) < 4.78 is 13.2. The molecule has 0 fully saturated rings. The summed E-state index contributed by atoms with van der Waals surface area (Å²) >= 11 is 1.69. The van der Waals surface area contributed by atoms with E-state index in [1.54, 1.807) is 17.4 Å². The van der Waals surface area contributed by atoms with Crippen LogP contribution in [-0.2, 0) is 13.0 Å². The van der Waals surface area contributed by atoms with Crippen molar-refractivity contribution in [1.82, 2.24) is 5.32 Å². The average molecular weight is 260 g/mol. The molecule has 92 valence electrons. The summed E-state index contributed by atoms with van der Waals surface area (Å²) in [6.45, 7) is 1.42. The second-order valence-corrected chi connectivity index (χ2v) is 4.80. The van der Waals surface area contributed by atoms with E-state index in [0.29, 0.717) is 12.1 Å². The van der Waals surface area contributed by atoms with Crippen LogP contribution in [0.2, 0.25) is 0 Å². The van der Waals surface area contributed by atoms with E-state index in [0.717, 1.165) is 18.5 Å². The minimum atomic E-state index is -0.358. The zero-order chi connectivity index (χ0) is 12.8. The van der Waals surface area contributed by atoms with Gasteiger partial charge in [-0.2, -0.15) is 16.6 Å². The van der Waals surface area contributed by atoms with E-state index in [1.807, 2.05) is 6.07 Å². The van der Waals surface area contributed by atoms with Crippen molar-refractivity contribution in [2.45, 2.75) is 13.0 Å². The molecule has 2 nitrogen and oxygen atoms in total. The standard InChI is InChI=1S/C14H13FN2S/c15-14-6-12(8-16)5-13(7-14)9-17-3-1-11-2-4-18-10-11/h2,4-7,10,17H,1,3,9H2. The van der Waals surface area contributed by atoms with Gasteiger partial charge in [0.1, 0.15) is 5.82 Å². The smallest absolute Gasteiger partial charge is 0.124 e. The fourth-order valence-electron chi connectivity index (χ4n) is 1.72. The third kappa shape index (κ3) is 3.66. The van der Waals surface area contributed by atoms with E-state index < -0.39 is 0 Å². The van der Waals surface area contributed by atoms with Gasteiger partial charge in [-0.1, -0.05) is 0 Å². The second-order valence-electron chi connectivity index (χ2n) is 4.02. The Balaban J connectivity index is 1.83. The van der Waals surface area contributed by atoms with Crippen molar-refractivity contribution < 1.29 is 4.39 Å². The predicted octanol–water partition coefficient (Wildman–Crippen LogP) is 3.09. The summed E-state index contributed by atoms with van der Waals surface area (Å²) in [5.41, 5.74) is 2.48. The van der Waals surface area contributed by atoms with E-state index in [2.05, 4.69) is 22.1 Å². The molecule has 0 radical (unpaired) electrons. The predicted molar refractivity (Wildman–Crippen MR) is 70.8 cm³/mol. The molecule has 1 heterocycles. The van der Waals surface area contributed by atoms with Gasteiger partial charge in [0.15, 0.2) is 0 Å². The Hall–Kier alpha value is -1.70. The van der Waals surface area contributed by atoms with Crippen LogP contribution in [0.1, 0.15) is 16.7 Å². The average Bonchev–Trinajstić information content (AvgIpc) is 2.87. The molecule has 1 aromatic heterocycles. The Morgan fingerprint density at radius 3 is 2.89 bits per heavy atom. The lowest BCUT2D eigenvalue weighted by Gasteiger charge is -2.05. The maximum Gasteiger partial charge on any atom is 0.124 e. The lowest BCUT2D eigenvalue weighted by atomic mass is 10.1. The molecule has 0 saturated heterocycles. The molecular weight excluding hydrogens is 247 g/mol. The van der Waals surface area contributed by atoms with Crippen molar-refractivity contribution in [3.05, 3.63) is 57.5 Å². The quantitative estimate of drug-likeness (QED) is 0.839. The lowest BCUT2D eigenvalue weighted by molar-refractivity contribution is 0.619. The van der Waals surface area contributed by atoms with Gasteiger partial charge >= 0.3 is 0 Å². The molecule has 0 saturated carbocycles. The monoisotopic (exact) mass is 260 g/mol. The van der Waals surface area contributed by atoms with Gasteiger partial charge in [0.2, 0.25) is 0 Å². The van der Waals surface area contributed by atoms with Gasteiger partial charge in [-0.25, -0.2) is 4.39 Å². The molecule has 4 heteroatoms. The van der Waals surface area contributed by atoms with Gasteiger partial charge in [0, 0.05) is 6.54 Å². The summed E-state index contributed by atoms with van der Waals surface area (Å²) in [5, 5.41) is 16.2. The number of nitriles is 1. The minimum absolute atomic E-state index is 0.358. The molecule has 0 bridgehead atoms. The van der Waals surface area contributed by atoms with E-state index in [1.165, 1.54) is 17.7 Å². The number of halogens is 1. The molecule has 18 heavy (non-hydrogen) atoms. The number of nitrogens with zero attached hydrogens (tertiary/aromatic N) is 1. The molecule has 0 unspecified atom stereocenters. The van der Waals surface area contributed by atoms with Gasteiger partial charge in [-0.3, -0.25) is 0 Å². The van der Waals surface area contributed by atoms with Crippen LogP contribution in [0.25, 0.3) is 0 Å². The minimum Gasteiger partial charge on any atom is -0.312 e. The SMILES string of the molecule is N#Cc1cc(F)cc(CNCCc2ccsc2)c1. The van der Waals surface area contributed by atoms with Crippen LogP contribution in [0.15, 0.2) is 35.0 Å². The molecule has 2 aromatic rings. The highest BCUT2D eigenvalue weighted by Crippen LogP contribution is 2.09. The molecule has 1 N–H and O–H groups in total. The molecule has 0 amide bonds. The summed E-state index contributed by atoms with van der Waals surface area (Å²) in [4.78, 5) is 0. The molecule has 0 aliphatic heterocycles. The fourth-order valence-corrected chi connectivity index (χ4v) is 2.42. The number of nitrogens with one attached hydrogen (secondary N) is 1. The number of rotatable bonds is 5. The van der Waals surface area contributed by atoms with Crippen LogP contribution in [0.3, 0.4) is 0 Å². The van der Waals surface area contributed by atoms with Crippen LogP contribution in [0.4, 0.5) is 4.39 Å². The number of benzene rings is 1. The number of hydrogen-bond acceptors (Lipinski definition) is 3. The van der Waals surface area contributed by atoms with Crippen LogP contribution in [0.5, 0.6) is 0 Å². The first-order valence-corrected chi connectivity index (χ1v) is 6.63.